The van der Waals surface area contributed by atoms with Crippen LogP contribution in [0.3, 0.4) is 0 Å². The largest absolute Gasteiger partial charge is 0.389 e. The minimum absolute atomic E-state index is 0.232. The Morgan fingerprint density at radius 2 is 1.65 bits per heavy atom. The van der Waals surface area contributed by atoms with Crippen LogP contribution >= 0.6 is 0 Å². The van der Waals surface area contributed by atoms with Gasteiger partial charge in [0.2, 0.25) is 0 Å². The first-order valence-electron chi connectivity index (χ1n) is 8.90. The van der Waals surface area contributed by atoms with Crippen LogP contribution in [0.15, 0.2) is 48.5 Å². The summed E-state index contributed by atoms with van der Waals surface area (Å²) in [4.78, 5) is 1.94. The SMILES string of the molecule is CC(C)COC[C@H](O)CN(Cc1ccc(F)cc1)Cc1ccccc1F. The van der Waals surface area contributed by atoms with E-state index in [4.69, 9.17) is 4.74 Å². The fourth-order valence-electron chi connectivity index (χ4n) is 2.69. The molecule has 0 aliphatic heterocycles. The number of aliphatic hydroxyl groups excluding tert-OH is 1. The number of hydrogen-bond acceptors (Lipinski definition) is 3. The molecule has 26 heavy (non-hydrogen) atoms. The molecular formula is C21H27F2NO2. The van der Waals surface area contributed by atoms with E-state index in [0.29, 0.717) is 37.7 Å². The molecule has 142 valence electrons. The average molecular weight is 363 g/mol. The summed E-state index contributed by atoms with van der Waals surface area (Å²) < 4.78 is 32.6. The van der Waals surface area contributed by atoms with E-state index in [9.17, 15) is 13.9 Å². The van der Waals surface area contributed by atoms with Crippen molar-refractivity contribution in [1.29, 1.82) is 0 Å². The van der Waals surface area contributed by atoms with Gasteiger partial charge < -0.3 is 9.84 Å². The van der Waals surface area contributed by atoms with Crippen LogP contribution in [0.1, 0.15) is 25.0 Å². The quantitative estimate of drug-likeness (QED) is 0.693. The smallest absolute Gasteiger partial charge is 0.127 e. The Kier molecular flexibility index (Phi) is 8.16. The summed E-state index contributed by atoms with van der Waals surface area (Å²) >= 11 is 0. The van der Waals surface area contributed by atoms with Gasteiger partial charge in [0.05, 0.1) is 12.7 Å². The first-order valence-corrected chi connectivity index (χ1v) is 8.90. The van der Waals surface area contributed by atoms with Gasteiger partial charge in [0.1, 0.15) is 11.6 Å². The Balaban J connectivity index is 2.02. The average Bonchev–Trinajstić information content (AvgIpc) is 2.58. The van der Waals surface area contributed by atoms with Gasteiger partial charge in [-0.05, 0) is 29.7 Å². The van der Waals surface area contributed by atoms with Crippen LogP contribution in [-0.2, 0) is 17.8 Å². The van der Waals surface area contributed by atoms with Gasteiger partial charge in [0, 0.05) is 31.8 Å². The molecule has 2 aromatic rings. The van der Waals surface area contributed by atoms with Gasteiger partial charge in [0.25, 0.3) is 0 Å². The Labute approximate surface area is 154 Å². The third-order valence-electron chi connectivity index (χ3n) is 3.90. The molecule has 0 aromatic heterocycles. The number of hydrogen-bond donors (Lipinski definition) is 1. The highest BCUT2D eigenvalue weighted by molar-refractivity contribution is 5.19. The maximum Gasteiger partial charge on any atom is 0.127 e. The molecule has 0 aliphatic carbocycles. The second-order valence-corrected chi connectivity index (χ2v) is 6.97. The van der Waals surface area contributed by atoms with Gasteiger partial charge in [-0.2, -0.15) is 0 Å². The highest BCUT2D eigenvalue weighted by Crippen LogP contribution is 2.14. The van der Waals surface area contributed by atoms with Crippen molar-refractivity contribution in [2.45, 2.75) is 33.0 Å². The summed E-state index contributed by atoms with van der Waals surface area (Å²) in [5, 5.41) is 10.3. The number of halogens is 2. The second kappa shape index (κ2) is 10.4. The molecule has 0 unspecified atom stereocenters. The monoisotopic (exact) mass is 363 g/mol. The van der Waals surface area contributed by atoms with Crippen molar-refractivity contribution in [2.24, 2.45) is 5.92 Å². The first kappa shape index (κ1) is 20.5. The molecule has 0 bridgehead atoms. The molecule has 0 heterocycles. The van der Waals surface area contributed by atoms with Crippen molar-refractivity contribution in [1.82, 2.24) is 4.90 Å². The van der Waals surface area contributed by atoms with E-state index < -0.39 is 6.10 Å². The van der Waals surface area contributed by atoms with Crippen LogP contribution in [0.5, 0.6) is 0 Å². The lowest BCUT2D eigenvalue weighted by atomic mass is 10.1. The third kappa shape index (κ3) is 7.20. The number of aliphatic hydroxyl groups is 1. The van der Waals surface area contributed by atoms with Crippen LogP contribution < -0.4 is 0 Å². The van der Waals surface area contributed by atoms with Crippen molar-refractivity contribution in [3.05, 3.63) is 71.3 Å². The Morgan fingerprint density at radius 1 is 0.962 bits per heavy atom. The summed E-state index contributed by atoms with van der Waals surface area (Å²) in [5.74, 6) is -0.172. The highest BCUT2D eigenvalue weighted by Gasteiger charge is 2.15. The van der Waals surface area contributed by atoms with Gasteiger partial charge in [-0.3, -0.25) is 4.90 Å². The molecule has 0 aliphatic rings. The maximum atomic E-state index is 14.0. The van der Waals surface area contributed by atoms with Crippen molar-refractivity contribution in [3.63, 3.8) is 0 Å². The van der Waals surface area contributed by atoms with E-state index >= 15 is 0 Å². The molecule has 0 saturated carbocycles. The van der Waals surface area contributed by atoms with Crippen LogP contribution in [0, 0.1) is 17.6 Å². The summed E-state index contributed by atoms with van der Waals surface area (Å²) in [6.07, 6.45) is -0.680. The molecule has 2 aromatic carbocycles. The number of nitrogens with zero attached hydrogens (tertiary/aromatic N) is 1. The standard InChI is InChI=1S/C21H27F2NO2/c1-16(2)14-26-15-20(25)13-24(11-17-7-9-19(22)10-8-17)12-18-5-3-4-6-21(18)23/h3-10,16,20,25H,11-15H2,1-2H3/t20-/m1/s1. The molecule has 1 atom stereocenters. The van der Waals surface area contributed by atoms with Crippen LogP contribution in [-0.4, -0.2) is 35.9 Å². The van der Waals surface area contributed by atoms with Crippen LogP contribution in [0.25, 0.3) is 0 Å². The van der Waals surface area contributed by atoms with Crippen LogP contribution in [0.4, 0.5) is 8.78 Å². The lowest BCUT2D eigenvalue weighted by Crippen LogP contribution is -2.34. The Bertz CT molecular complexity index is 661. The molecule has 2 rings (SSSR count). The Morgan fingerprint density at radius 3 is 2.31 bits per heavy atom. The third-order valence-corrected chi connectivity index (χ3v) is 3.90. The normalized spacial score (nSPS) is 12.7. The summed E-state index contributed by atoms with van der Waals surface area (Å²) in [6.45, 7) is 6.08. The van der Waals surface area contributed by atoms with Crippen LogP contribution in [0.2, 0.25) is 0 Å². The zero-order valence-electron chi connectivity index (χ0n) is 15.4. The predicted molar refractivity (Wildman–Crippen MR) is 98.6 cm³/mol. The molecule has 0 spiro atoms. The van der Waals surface area contributed by atoms with E-state index in [1.165, 1.54) is 18.2 Å². The van der Waals surface area contributed by atoms with Crippen molar-refractivity contribution >= 4 is 0 Å². The van der Waals surface area contributed by atoms with Crippen molar-refractivity contribution in [3.8, 4) is 0 Å². The topological polar surface area (TPSA) is 32.7 Å². The van der Waals surface area contributed by atoms with E-state index in [2.05, 4.69) is 0 Å². The highest BCUT2D eigenvalue weighted by atomic mass is 19.1. The van der Waals surface area contributed by atoms with E-state index in [1.807, 2.05) is 18.7 Å². The summed E-state index contributed by atoms with van der Waals surface area (Å²) in [7, 11) is 0. The molecule has 0 amide bonds. The van der Waals surface area contributed by atoms with Crippen molar-refractivity contribution < 1.29 is 18.6 Å². The zero-order chi connectivity index (χ0) is 18.9. The molecule has 0 fully saturated rings. The fraction of sp³-hybridized carbons (Fsp3) is 0.429. The predicted octanol–water partition coefficient (Wildman–Crippen LogP) is 4.00. The minimum Gasteiger partial charge on any atom is -0.389 e. The summed E-state index contributed by atoms with van der Waals surface area (Å²) in [5.41, 5.74) is 1.46. The van der Waals surface area contributed by atoms with Gasteiger partial charge in [-0.25, -0.2) is 8.78 Å². The van der Waals surface area contributed by atoms with E-state index in [-0.39, 0.29) is 18.2 Å². The van der Waals surface area contributed by atoms with Gasteiger partial charge >= 0.3 is 0 Å². The lowest BCUT2D eigenvalue weighted by molar-refractivity contribution is 0.00539. The van der Waals surface area contributed by atoms with Gasteiger partial charge in [0.15, 0.2) is 0 Å². The molecular weight excluding hydrogens is 336 g/mol. The molecule has 0 saturated heterocycles. The van der Waals surface area contributed by atoms with E-state index in [1.54, 1.807) is 30.3 Å². The molecule has 5 heteroatoms. The van der Waals surface area contributed by atoms with E-state index in [0.717, 1.165) is 5.56 Å². The Hall–Kier alpha value is -1.82. The lowest BCUT2D eigenvalue weighted by Gasteiger charge is -2.25. The first-order chi connectivity index (χ1) is 12.4. The van der Waals surface area contributed by atoms with Crippen molar-refractivity contribution in [2.75, 3.05) is 19.8 Å². The fourth-order valence-corrected chi connectivity index (χ4v) is 2.69. The van der Waals surface area contributed by atoms with Gasteiger partial charge in [-0.1, -0.05) is 44.2 Å². The summed E-state index contributed by atoms with van der Waals surface area (Å²) in [6, 6.07) is 12.8. The maximum absolute atomic E-state index is 14.0. The number of ether oxygens (including phenoxy) is 1. The minimum atomic E-state index is -0.680. The second-order valence-electron chi connectivity index (χ2n) is 6.97. The molecule has 1 N–H and O–H groups in total. The molecule has 0 radical (unpaired) electrons. The zero-order valence-corrected chi connectivity index (χ0v) is 15.4. The van der Waals surface area contributed by atoms with Gasteiger partial charge in [-0.15, -0.1) is 0 Å². The number of benzene rings is 2. The number of rotatable bonds is 10. The molecule has 3 nitrogen and oxygen atoms in total.